The summed E-state index contributed by atoms with van der Waals surface area (Å²) in [5.74, 6) is 1.39. The summed E-state index contributed by atoms with van der Waals surface area (Å²) in [5, 5.41) is 5.17. The van der Waals surface area contributed by atoms with Gasteiger partial charge in [0.05, 0.1) is 23.6 Å². The minimum absolute atomic E-state index is 0.0491. The zero-order chi connectivity index (χ0) is 18.2. The molecule has 0 radical (unpaired) electrons. The number of hydrogen-bond donors (Lipinski definition) is 0. The van der Waals surface area contributed by atoms with Crippen LogP contribution in [0, 0.1) is 13.8 Å². The molecule has 0 aromatic carbocycles. The largest absolute Gasteiger partial charge is 0.376 e. The van der Waals surface area contributed by atoms with Crippen LogP contribution < -0.4 is 0 Å². The average Bonchev–Trinajstić information content (AvgIpc) is 3.25. The number of thioether (sulfide) groups is 1. The Morgan fingerprint density at radius 1 is 1.28 bits per heavy atom. The molecule has 25 heavy (non-hydrogen) atoms. The van der Waals surface area contributed by atoms with Gasteiger partial charge in [-0.2, -0.15) is 4.98 Å². The van der Waals surface area contributed by atoms with Crippen molar-refractivity contribution in [1.29, 1.82) is 0 Å². The molecule has 6 nitrogen and oxygen atoms in total. The van der Waals surface area contributed by atoms with Gasteiger partial charge in [0, 0.05) is 17.7 Å². The van der Waals surface area contributed by atoms with E-state index in [9.17, 15) is 0 Å². The Hall–Kier alpha value is -1.34. The third kappa shape index (κ3) is 4.08. The summed E-state index contributed by atoms with van der Waals surface area (Å²) in [6, 6.07) is 0. The van der Waals surface area contributed by atoms with Crippen molar-refractivity contribution in [3.05, 3.63) is 23.1 Å². The first kappa shape index (κ1) is 18.5. The minimum Gasteiger partial charge on any atom is -0.376 e. The van der Waals surface area contributed by atoms with Gasteiger partial charge in [-0.15, -0.1) is 0 Å². The Kier molecular flexibility index (Phi) is 5.25. The zero-order valence-electron chi connectivity index (χ0n) is 16.0. The maximum Gasteiger partial charge on any atom is 0.239 e. The lowest BCUT2D eigenvalue weighted by molar-refractivity contribution is 0.0944. The highest BCUT2D eigenvalue weighted by Gasteiger charge is 2.26. The van der Waals surface area contributed by atoms with Gasteiger partial charge in [-0.05, 0) is 33.6 Å². The van der Waals surface area contributed by atoms with E-state index < -0.39 is 0 Å². The molecule has 2 atom stereocenters. The van der Waals surface area contributed by atoms with Crippen LogP contribution in [0.5, 0.6) is 0 Å². The molecule has 1 saturated heterocycles. The fourth-order valence-electron chi connectivity index (χ4n) is 2.83. The second-order valence-electron chi connectivity index (χ2n) is 7.78. The number of ether oxygens (including phenoxy) is 1. The summed E-state index contributed by atoms with van der Waals surface area (Å²) in [5.41, 5.74) is 2.15. The van der Waals surface area contributed by atoms with Gasteiger partial charge in [-0.25, -0.2) is 4.98 Å². The molecular weight excluding hydrogens is 336 g/mol. The monoisotopic (exact) mass is 364 g/mol. The number of rotatable bonds is 5. The molecule has 1 aliphatic heterocycles. The fourth-order valence-corrected chi connectivity index (χ4v) is 3.88. The predicted octanol–water partition coefficient (Wildman–Crippen LogP) is 4.21. The van der Waals surface area contributed by atoms with Crippen LogP contribution >= 0.6 is 11.8 Å². The topological polar surface area (TPSA) is 66.0 Å². The van der Waals surface area contributed by atoms with Crippen molar-refractivity contribution in [2.45, 2.75) is 82.9 Å². The first-order valence-corrected chi connectivity index (χ1v) is 9.79. The van der Waals surface area contributed by atoms with Crippen LogP contribution in [-0.4, -0.2) is 32.4 Å². The third-order valence-corrected chi connectivity index (χ3v) is 5.65. The van der Waals surface area contributed by atoms with E-state index in [1.165, 1.54) is 5.69 Å². The molecule has 1 aliphatic rings. The smallest absolute Gasteiger partial charge is 0.239 e. The molecule has 7 heteroatoms. The number of aromatic nitrogens is 4. The quantitative estimate of drug-likeness (QED) is 0.740. The second kappa shape index (κ2) is 7.11. The van der Waals surface area contributed by atoms with E-state index in [4.69, 9.17) is 14.2 Å². The van der Waals surface area contributed by atoms with Crippen LogP contribution in [0.4, 0.5) is 0 Å². The molecule has 0 bridgehead atoms. The van der Waals surface area contributed by atoms with Crippen LogP contribution in [0.25, 0.3) is 0 Å². The predicted molar refractivity (Wildman–Crippen MR) is 97.9 cm³/mol. The number of nitrogens with zero attached hydrogens (tertiary/aromatic N) is 4. The Balaban J connectivity index is 1.77. The van der Waals surface area contributed by atoms with Crippen molar-refractivity contribution >= 4 is 11.8 Å². The van der Waals surface area contributed by atoms with E-state index in [1.54, 1.807) is 11.8 Å². The molecule has 138 valence electrons. The Bertz CT molecular complexity index is 726. The van der Waals surface area contributed by atoms with Gasteiger partial charge in [0.15, 0.2) is 11.0 Å². The summed E-state index contributed by atoms with van der Waals surface area (Å²) < 4.78 is 13.6. The van der Waals surface area contributed by atoms with Gasteiger partial charge in [0.1, 0.15) is 0 Å². The lowest BCUT2D eigenvalue weighted by Gasteiger charge is -2.15. The highest BCUT2D eigenvalue weighted by Crippen LogP contribution is 2.35. The highest BCUT2D eigenvalue weighted by atomic mass is 32.2. The molecule has 3 rings (SSSR count). The summed E-state index contributed by atoms with van der Waals surface area (Å²) in [4.78, 5) is 9.33. The van der Waals surface area contributed by atoms with E-state index in [-0.39, 0.29) is 16.8 Å². The van der Waals surface area contributed by atoms with E-state index in [2.05, 4.69) is 56.3 Å². The normalized spacial score (nSPS) is 19.5. The lowest BCUT2D eigenvalue weighted by atomic mass is 9.96. The van der Waals surface area contributed by atoms with Crippen molar-refractivity contribution < 1.29 is 9.26 Å². The van der Waals surface area contributed by atoms with Gasteiger partial charge in [0.2, 0.25) is 5.89 Å². The summed E-state index contributed by atoms with van der Waals surface area (Å²) >= 11 is 1.67. The Morgan fingerprint density at radius 3 is 2.64 bits per heavy atom. The highest BCUT2D eigenvalue weighted by molar-refractivity contribution is 7.99. The standard InChI is InChI=1S/C18H28N4O2S/c1-11-12(2)22(10-14-8-7-9-23-14)17(19-11)25-13(3)15-20-16(21-24-15)18(4,5)6/h13-14H,7-10H2,1-6H3/t13-,14+/m0/s1. The van der Waals surface area contributed by atoms with Crippen LogP contribution in [0.1, 0.15) is 68.9 Å². The average molecular weight is 365 g/mol. The molecule has 0 unspecified atom stereocenters. The number of imidazole rings is 1. The number of hydrogen-bond acceptors (Lipinski definition) is 6. The van der Waals surface area contributed by atoms with Gasteiger partial charge < -0.3 is 13.8 Å². The minimum atomic E-state index is -0.113. The fraction of sp³-hybridized carbons (Fsp3) is 0.722. The first-order valence-electron chi connectivity index (χ1n) is 8.91. The molecular formula is C18H28N4O2S. The molecule has 0 amide bonds. The summed E-state index contributed by atoms with van der Waals surface area (Å²) in [6.45, 7) is 14.2. The maximum atomic E-state index is 5.81. The zero-order valence-corrected chi connectivity index (χ0v) is 16.8. The molecule has 0 saturated carbocycles. The Labute approximate surface area is 153 Å². The third-order valence-electron chi connectivity index (χ3n) is 4.58. The second-order valence-corrected chi connectivity index (χ2v) is 9.09. The number of aryl methyl sites for hydroxylation is 1. The van der Waals surface area contributed by atoms with Gasteiger partial charge >= 0.3 is 0 Å². The molecule has 2 aromatic heterocycles. The summed E-state index contributed by atoms with van der Waals surface area (Å²) in [7, 11) is 0. The van der Waals surface area contributed by atoms with Crippen LogP contribution in [0.2, 0.25) is 0 Å². The van der Waals surface area contributed by atoms with Gasteiger partial charge in [-0.3, -0.25) is 0 Å². The van der Waals surface area contributed by atoms with Gasteiger partial charge in [-0.1, -0.05) is 37.7 Å². The van der Waals surface area contributed by atoms with Gasteiger partial charge in [0.25, 0.3) is 0 Å². The van der Waals surface area contributed by atoms with Crippen LogP contribution in [-0.2, 0) is 16.7 Å². The molecule has 1 fully saturated rings. The van der Waals surface area contributed by atoms with Crippen LogP contribution in [0.15, 0.2) is 9.68 Å². The van der Waals surface area contributed by atoms with E-state index in [0.717, 1.165) is 42.7 Å². The van der Waals surface area contributed by atoms with Crippen molar-refractivity contribution in [3.8, 4) is 0 Å². The van der Waals surface area contributed by atoms with Crippen molar-refractivity contribution in [3.63, 3.8) is 0 Å². The van der Waals surface area contributed by atoms with Crippen LogP contribution in [0.3, 0.4) is 0 Å². The van der Waals surface area contributed by atoms with E-state index in [1.807, 2.05) is 0 Å². The molecule has 3 heterocycles. The van der Waals surface area contributed by atoms with E-state index in [0.29, 0.717) is 5.89 Å². The summed E-state index contributed by atoms with van der Waals surface area (Å²) in [6.07, 6.45) is 2.56. The molecule has 0 aliphatic carbocycles. The molecule has 0 spiro atoms. The van der Waals surface area contributed by atoms with E-state index >= 15 is 0 Å². The SMILES string of the molecule is Cc1nc(S[C@@H](C)c2nc(C(C)(C)C)no2)n(C[C@H]2CCCO2)c1C. The first-order chi connectivity index (χ1) is 11.8. The Morgan fingerprint density at radius 2 is 2.04 bits per heavy atom. The van der Waals surface area contributed by atoms with Crippen molar-refractivity contribution in [2.24, 2.45) is 0 Å². The lowest BCUT2D eigenvalue weighted by Crippen LogP contribution is -2.17. The molecule has 2 aromatic rings. The van der Waals surface area contributed by atoms with Crippen molar-refractivity contribution in [2.75, 3.05) is 6.61 Å². The molecule has 0 N–H and O–H groups in total. The van der Waals surface area contributed by atoms with Crippen molar-refractivity contribution in [1.82, 2.24) is 19.7 Å². The maximum absolute atomic E-state index is 5.81.